The van der Waals surface area contributed by atoms with Crippen LogP contribution in [0, 0.1) is 11.6 Å². The number of pyridine rings is 1. The quantitative estimate of drug-likeness (QED) is 0.792. The predicted molar refractivity (Wildman–Crippen MR) is 72.1 cm³/mol. The zero-order chi connectivity index (χ0) is 13.9. The first-order valence-electron chi connectivity index (χ1n) is 6.30. The van der Waals surface area contributed by atoms with Gasteiger partial charge in [0.05, 0.1) is 11.7 Å². The zero-order valence-electron chi connectivity index (χ0n) is 10.7. The molecule has 3 rings (SSSR count). The van der Waals surface area contributed by atoms with E-state index in [4.69, 9.17) is 0 Å². The van der Waals surface area contributed by atoms with Gasteiger partial charge in [-0.1, -0.05) is 12.1 Å². The fourth-order valence-electron chi connectivity index (χ4n) is 2.11. The summed E-state index contributed by atoms with van der Waals surface area (Å²) in [7, 11) is 0. The predicted octanol–water partition coefficient (Wildman–Crippen LogP) is 2.90. The maximum Gasteiger partial charge on any atom is 0.159 e. The van der Waals surface area contributed by atoms with Gasteiger partial charge in [-0.25, -0.2) is 13.3 Å². The molecule has 0 fully saturated rings. The van der Waals surface area contributed by atoms with E-state index in [0.29, 0.717) is 18.7 Å². The number of nitrogens with one attached hydrogen (secondary N) is 1. The maximum atomic E-state index is 13.1. The second kappa shape index (κ2) is 5.38. The molecule has 102 valence electrons. The van der Waals surface area contributed by atoms with E-state index in [1.807, 2.05) is 24.4 Å². The van der Waals surface area contributed by atoms with E-state index in [-0.39, 0.29) is 0 Å². The van der Waals surface area contributed by atoms with Crippen molar-refractivity contribution in [1.29, 1.82) is 0 Å². The SMILES string of the molecule is Fc1ccc(CNCc2cnn3ccccc23)cc1F. The van der Waals surface area contributed by atoms with Crippen LogP contribution in [-0.4, -0.2) is 9.61 Å². The van der Waals surface area contributed by atoms with Crippen molar-refractivity contribution in [1.82, 2.24) is 14.9 Å². The van der Waals surface area contributed by atoms with Gasteiger partial charge in [0.15, 0.2) is 11.6 Å². The molecule has 0 aliphatic rings. The van der Waals surface area contributed by atoms with E-state index < -0.39 is 11.6 Å². The van der Waals surface area contributed by atoms with E-state index in [9.17, 15) is 8.78 Å². The Bertz CT molecular complexity index is 737. The standard InChI is InChI=1S/C15H13F2N3/c16-13-5-4-11(7-14(13)17)8-18-9-12-10-19-20-6-2-1-3-15(12)20/h1-7,10,18H,8-9H2. The smallest absolute Gasteiger partial charge is 0.159 e. The second-order valence-corrected chi connectivity index (χ2v) is 4.55. The van der Waals surface area contributed by atoms with Crippen molar-refractivity contribution in [2.45, 2.75) is 13.1 Å². The Balaban J connectivity index is 1.66. The lowest BCUT2D eigenvalue weighted by Crippen LogP contribution is -2.12. The minimum absolute atomic E-state index is 0.474. The lowest BCUT2D eigenvalue weighted by atomic mass is 10.2. The van der Waals surface area contributed by atoms with Crippen LogP contribution < -0.4 is 5.32 Å². The van der Waals surface area contributed by atoms with Crippen LogP contribution in [0.15, 0.2) is 48.8 Å². The Kier molecular flexibility index (Phi) is 3.43. The Morgan fingerprint density at radius 2 is 1.95 bits per heavy atom. The van der Waals surface area contributed by atoms with Crippen molar-refractivity contribution in [2.75, 3.05) is 0 Å². The Hall–Kier alpha value is -2.27. The van der Waals surface area contributed by atoms with Crippen LogP contribution in [-0.2, 0) is 13.1 Å². The summed E-state index contributed by atoms with van der Waals surface area (Å²) in [4.78, 5) is 0. The summed E-state index contributed by atoms with van der Waals surface area (Å²) in [6.07, 6.45) is 3.68. The fraction of sp³-hybridized carbons (Fsp3) is 0.133. The van der Waals surface area contributed by atoms with Crippen LogP contribution in [0.1, 0.15) is 11.1 Å². The Morgan fingerprint density at radius 3 is 2.80 bits per heavy atom. The number of rotatable bonds is 4. The summed E-state index contributed by atoms with van der Waals surface area (Å²) in [5.41, 5.74) is 2.80. The first-order valence-corrected chi connectivity index (χ1v) is 6.30. The third-order valence-corrected chi connectivity index (χ3v) is 3.13. The van der Waals surface area contributed by atoms with E-state index in [1.165, 1.54) is 6.07 Å². The zero-order valence-corrected chi connectivity index (χ0v) is 10.7. The van der Waals surface area contributed by atoms with E-state index >= 15 is 0 Å². The Morgan fingerprint density at radius 1 is 1.05 bits per heavy atom. The lowest BCUT2D eigenvalue weighted by molar-refractivity contribution is 0.506. The monoisotopic (exact) mass is 273 g/mol. The average Bonchev–Trinajstić information content (AvgIpc) is 2.86. The van der Waals surface area contributed by atoms with Crippen LogP contribution in [0.3, 0.4) is 0 Å². The average molecular weight is 273 g/mol. The summed E-state index contributed by atoms with van der Waals surface area (Å²) in [6.45, 7) is 1.09. The maximum absolute atomic E-state index is 13.1. The molecule has 0 saturated heterocycles. The highest BCUT2D eigenvalue weighted by atomic mass is 19.2. The van der Waals surface area contributed by atoms with Gasteiger partial charge in [0, 0.05) is 24.8 Å². The van der Waals surface area contributed by atoms with Crippen molar-refractivity contribution in [3.05, 3.63) is 71.6 Å². The van der Waals surface area contributed by atoms with E-state index in [1.54, 1.807) is 16.8 Å². The molecule has 0 atom stereocenters. The summed E-state index contributed by atoms with van der Waals surface area (Å²) >= 11 is 0. The minimum atomic E-state index is -0.823. The highest BCUT2D eigenvalue weighted by Crippen LogP contribution is 2.11. The summed E-state index contributed by atoms with van der Waals surface area (Å²) in [5, 5.41) is 7.44. The molecule has 0 saturated carbocycles. The van der Waals surface area contributed by atoms with Gasteiger partial charge in [-0.15, -0.1) is 0 Å². The number of hydrogen-bond donors (Lipinski definition) is 1. The van der Waals surface area contributed by atoms with Crippen molar-refractivity contribution in [3.8, 4) is 0 Å². The molecule has 0 bridgehead atoms. The third-order valence-electron chi connectivity index (χ3n) is 3.13. The molecule has 0 aliphatic carbocycles. The number of nitrogens with zero attached hydrogens (tertiary/aromatic N) is 2. The molecule has 0 aliphatic heterocycles. The van der Waals surface area contributed by atoms with E-state index in [2.05, 4.69) is 10.4 Å². The minimum Gasteiger partial charge on any atom is -0.308 e. The second-order valence-electron chi connectivity index (χ2n) is 4.55. The van der Waals surface area contributed by atoms with Crippen molar-refractivity contribution in [3.63, 3.8) is 0 Å². The number of hydrogen-bond acceptors (Lipinski definition) is 2. The highest BCUT2D eigenvalue weighted by Gasteiger charge is 2.04. The summed E-state index contributed by atoms with van der Waals surface area (Å²) in [6, 6.07) is 9.78. The summed E-state index contributed by atoms with van der Waals surface area (Å²) in [5.74, 6) is -1.64. The first kappa shape index (κ1) is 12.7. The molecule has 0 unspecified atom stereocenters. The largest absolute Gasteiger partial charge is 0.308 e. The molecular formula is C15H13F2N3. The van der Waals surface area contributed by atoms with E-state index in [0.717, 1.165) is 17.1 Å². The van der Waals surface area contributed by atoms with Crippen molar-refractivity contribution < 1.29 is 8.78 Å². The molecule has 0 amide bonds. The number of halogens is 2. The molecule has 2 aromatic heterocycles. The number of aromatic nitrogens is 2. The fourth-order valence-corrected chi connectivity index (χ4v) is 2.11. The van der Waals surface area contributed by atoms with Gasteiger partial charge in [-0.05, 0) is 29.8 Å². The molecule has 2 heterocycles. The molecule has 0 spiro atoms. The molecule has 5 heteroatoms. The van der Waals surface area contributed by atoms with Gasteiger partial charge in [0.25, 0.3) is 0 Å². The van der Waals surface area contributed by atoms with Gasteiger partial charge in [-0.3, -0.25) is 0 Å². The molecule has 1 N–H and O–H groups in total. The van der Waals surface area contributed by atoms with Crippen LogP contribution >= 0.6 is 0 Å². The van der Waals surface area contributed by atoms with Crippen molar-refractivity contribution >= 4 is 5.52 Å². The molecule has 3 aromatic rings. The molecular weight excluding hydrogens is 260 g/mol. The first-order chi connectivity index (χ1) is 9.74. The molecule has 20 heavy (non-hydrogen) atoms. The lowest BCUT2D eigenvalue weighted by Gasteiger charge is -2.04. The van der Waals surface area contributed by atoms with Gasteiger partial charge in [0.1, 0.15) is 0 Å². The van der Waals surface area contributed by atoms with Gasteiger partial charge in [-0.2, -0.15) is 5.10 Å². The highest BCUT2D eigenvalue weighted by molar-refractivity contribution is 5.53. The molecule has 3 nitrogen and oxygen atoms in total. The van der Waals surface area contributed by atoms with Gasteiger partial charge >= 0.3 is 0 Å². The van der Waals surface area contributed by atoms with Crippen LogP contribution in [0.4, 0.5) is 8.78 Å². The normalized spacial score (nSPS) is 11.1. The molecule has 1 aromatic carbocycles. The topological polar surface area (TPSA) is 29.3 Å². The number of benzene rings is 1. The van der Waals surface area contributed by atoms with Gasteiger partial charge in [0.2, 0.25) is 0 Å². The van der Waals surface area contributed by atoms with Crippen LogP contribution in [0.5, 0.6) is 0 Å². The molecule has 0 radical (unpaired) electrons. The number of fused-ring (bicyclic) bond motifs is 1. The van der Waals surface area contributed by atoms with Crippen molar-refractivity contribution in [2.24, 2.45) is 0 Å². The summed E-state index contributed by atoms with van der Waals surface area (Å²) < 4.78 is 27.7. The van der Waals surface area contributed by atoms with Gasteiger partial charge < -0.3 is 5.32 Å². The third kappa shape index (κ3) is 2.53. The Labute approximate surface area is 114 Å². The van der Waals surface area contributed by atoms with Crippen LogP contribution in [0.2, 0.25) is 0 Å². The van der Waals surface area contributed by atoms with Crippen LogP contribution in [0.25, 0.3) is 5.52 Å².